The molecule has 5 heteroatoms. The van der Waals surface area contributed by atoms with Crippen LogP contribution in [0.15, 0.2) is 41.8 Å². The molecule has 1 heterocycles. The van der Waals surface area contributed by atoms with E-state index in [2.05, 4.69) is 0 Å². The van der Waals surface area contributed by atoms with Gasteiger partial charge in [-0.3, -0.25) is 0 Å². The normalized spacial score (nSPS) is 10.8. The van der Waals surface area contributed by atoms with E-state index < -0.39 is 5.97 Å². The number of aliphatic carboxylic acids is 1. The summed E-state index contributed by atoms with van der Waals surface area (Å²) in [7, 11) is 0. The van der Waals surface area contributed by atoms with Crippen LogP contribution in [0.3, 0.4) is 0 Å². The van der Waals surface area contributed by atoms with Crippen LogP contribution in [0.1, 0.15) is 10.4 Å². The molecule has 1 aromatic heterocycles. The summed E-state index contributed by atoms with van der Waals surface area (Å²) in [6.45, 7) is 0.412. The maximum Gasteiger partial charge on any atom is 0.328 e. The summed E-state index contributed by atoms with van der Waals surface area (Å²) in [5.74, 6) is -0.319. The van der Waals surface area contributed by atoms with Gasteiger partial charge >= 0.3 is 5.97 Å². The molecule has 0 aliphatic rings. The molecule has 0 fully saturated rings. The van der Waals surface area contributed by atoms with Crippen LogP contribution >= 0.6 is 22.9 Å². The lowest BCUT2D eigenvalue weighted by Gasteiger charge is -2.05. The van der Waals surface area contributed by atoms with Gasteiger partial charge in [-0.05, 0) is 35.2 Å². The van der Waals surface area contributed by atoms with E-state index in [-0.39, 0.29) is 0 Å². The van der Waals surface area contributed by atoms with Crippen molar-refractivity contribution in [3.05, 3.63) is 57.3 Å². The number of hydrogen-bond donors (Lipinski definition) is 1. The highest BCUT2D eigenvalue weighted by molar-refractivity contribution is 7.10. The van der Waals surface area contributed by atoms with Crippen molar-refractivity contribution in [2.75, 3.05) is 0 Å². The number of carboxylic acids is 1. The minimum atomic E-state index is -0.958. The van der Waals surface area contributed by atoms with E-state index in [9.17, 15) is 4.79 Å². The molecule has 0 aliphatic heterocycles. The van der Waals surface area contributed by atoms with Crippen LogP contribution in [0.25, 0.3) is 6.08 Å². The lowest BCUT2D eigenvalue weighted by atomic mass is 10.3. The second kappa shape index (κ2) is 6.41. The summed E-state index contributed by atoms with van der Waals surface area (Å²) in [4.78, 5) is 11.4. The third kappa shape index (κ3) is 4.12. The van der Waals surface area contributed by atoms with Crippen LogP contribution in [0.5, 0.6) is 5.75 Å². The number of thiophene rings is 1. The number of carbonyl (C=O) groups is 1. The molecule has 3 nitrogen and oxygen atoms in total. The summed E-state index contributed by atoms with van der Waals surface area (Å²) < 4.78 is 5.60. The van der Waals surface area contributed by atoms with Crippen LogP contribution in [0.4, 0.5) is 0 Å². The summed E-state index contributed by atoms with van der Waals surface area (Å²) >= 11 is 7.50. The van der Waals surface area contributed by atoms with E-state index in [1.165, 1.54) is 11.3 Å². The predicted molar refractivity (Wildman–Crippen MR) is 76.8 cm³/mol. The molecule has 1 aromatic carbocycles. The van der Waals surface area contributed by atoms with Crippen molar-refractivity contribution in [3.8, 4) is 5.75 Å². The van der Waals surface area contributed by atoms with Gasteiger partial charge in [0, 0.05) is 11.0 Å². The van der Waals surface area contributed by atoms with E-state index >= 15 is 0 Å². The van der Waals surface area contributed by atoms with Gasteiger partial charge in [0.2, 0.25) is 0 Å². The Hall–Kier alpha value is -1.78. The standard InChI is InChI=1S/C14H11ClO3S/c15-12-3-1-2-4-13(12)18-8-11-7-10(9-19-11)5-6-14(16)17/h1-7,9H,8H2,(H,16,17). The molecule has 0 amide bonds. The Bertz CT molecular complexity index is 604. The fourth-order valence-corrected chi connectivity index (χ4v) is 2.39. The number of rotatable bonds is 5. The SMILES string of the molecule is O=C(O)C=Cc1csc(COc2ccccc2Cl)c1. The smallest absolute Gasteiger partial charge is 0.328 e. The van der Waals surface area contributed by atoms with Crippen LogP contribution in [0, 0.1) is 0 Å². The molecule has 2 aromatic rings. The van der Waals surface area contributed by atoms with Crippen molar-refractivity contribution in [3.63, 3.8) is 0 Å². The van der Waals surface area contributed by atoms with Gasteiger partial charge in [-0.1, -0.05) is 23.7 Å². The molecular formula is C14H11ClO3S. The zero-order valence-corrected chi connectivity index (χ0v) is 11.4. The third-order valence-electron chi connectivity index (χ3n) is 2.30. The first-order valence-corrected chi connectivity index (χ1v) is 6.76. The Morgan fingerprint density at radius 2 is 2.21 bits per heavy atom. The number of halogens is 1. The molecule has 1 N–H and O–H groups in total. The number of benzene rings is 1. The minimum absolute atomic E-state index is 0.412. The van der Waals surface area contributed by atoms with Crippen molar-refractivity contribution in [2.45, 2.75) is 6.61 Å². The van der Waals surface area contributed by atoms with Gasteiger partial charge in [0.05, 0.1) is 5.02 Å². The molecule has 0 radical (unpaired) electrons. The van der Waals surface area contributed by atoms with Crippen molar-refractivity contribution >= 4 is 35.0 Å². The van der Waals surface area contributed by atoms with Crippen molar-refractivity contribution in [1.29, 1.82) is 0 Å². The number of carboxylic acid groups (broad SMARTS) is 1. The molecule has 2 rings (SSSR count). The molecule has 0 aliphatic carbocycles. The van der Waals surface area contributed by atoms with Gasteiger partial charge < -0.3 is 9.84 Å². The van der Waals surface area contributed by atoms with E-state index in [1.54, 1.807) is 18.2 Å². The average molecular weight is 295 g/mol. The van der Waals surface area contributed by atoms with E-state index in [4.69, 9.17) is 21.4 Å². The lowest BCUT2D eigenvalue weighted by Crippen LogP contribution is -1.93. The van der Waals surface area contributed by atoms with Crippen LogP contribution in [0.2, 0.25) is 5.02 Å². The van der Waals surface area contributed by atoms with Crippen molar-refractivity contribution < 1.29 is 14.6 Å². The van der Waals surface area contributed by atoms with E-state index in [0.29, 0.717) is 17.4 Å². The highest BCUT2D eigenvalue weighted by atomic mass is 35.5. The zero-order chi connectivity index (χ0) is 13.7. The monoisotopic (exact) mass is 294 g/mol. The number of para-hydroxylation sites is 1. The first kappa shape index (κ1) is 13.6. The highest BCUT2D eigenvalue weighted by Gasteiger charge is 2.02. The minimum Gasteiger partial charge on any atom is -0.487 e. The van der Waals surface area contributed by atoms with Gasteiger partial charge in [0.15, 0.2) is 0 Å². The predicted octanol–water partition coefficient (Wildman–Crippen LogP) is 4.08. The van der Waals surface area contributed by atoms with Gasteiger partial charge in [0.25, 0.3) is 0 Å². The lowest BCUT2D eigenvalue weighted by molar-refractivity contribution is -0.131. The van der Waals surface area contributed by atoms with Crippen LogP contribution in [-0.4, -0.2) is 11.1 Å². The van der Waals surface area contributed by atoms with Crippen molar-refractivity contribution in [1.82, 2.24) is 0 Å². The maximum atomic E-state index is 10.4. The molecule has 0 unspecified atom stereocenters. The van der Waals surface area contributed by atoms with Gasteiger partial charge in [0.1, 0.15) is 12.4 Å². The second-order valence-corrected chi connectivity index (χ2v) is 5.14. The fraction of sp³-hybridized carbons (Fsp3) is 0.0714. The molecule has 98 valence electrons. The van der Waals surface area contributed by atoms with Gasteiger partial charge in [-0.2, -0.15) is 0 Å². The summed E-state index contributed by atoms with van der Waals surface area (Å²) in [6.07, 6.45) is 2.67. The largest absolute Gasteiger partial charge is 0.487 e. The molecule has 19 heavy (non-hydrogen) atoms. The number of ether oxygens (including phenoxy) is 1. The molecular weight excluding hydrogens is 284 g/mol. The molecule has 0 saturated heterocycles. The fourth-order valence-electron chi connectivity index (χ4n) is 1.44. The first-order chi connectivity index (χ1) is 9.15. The Balaban J connectivity index is 1.97. The van der Waals surface area contributed by atoms with E-state index in [1.807, 2.05) is 23.6 Å². The van der Waals surface area contributed by atoms with Crippen LogP contribution < -0.4 is 4.74 Å². The average Bonchev–Trinajstić information content (AvgIpc) is 2.83. The van der Waals surface area contributed by atoms with Crippen LogP contribution in [-0.2, 0) is 11.4 Å². The molecule has 0 atom stereocenters. The maximum absolute atomic E-state index is 10.4. The number of hydrogen-bond acceptors (Lipinski definition) is 3. The summed E-state index contributed by atoms with van der Waals surface area (Å²) in [5.41, 5.74) is 0.852. The Labute approximate surface area is 119 Å². The Morgan fingerprint density at radius 3 is 2.95 bits per heavy atom. The zero-order valence-electron chi connectivity index (χ0n) is 9.88. The van der Waals surface area contributed by atoms with Crippen molar-refractivity contribution in [2.24, 2.45) is 0 Å². The summed E-state index contributed by atoms with van der Waals surface area (Å²) in [5, 5.41) is 11.0. The first-order valence-electron chi connectivity index (χ1n) is 5.51. The molecule has 0 bridgehead atoms. The third-order valence-corrected chi connectivity index (χ3v) is 3.54. The van der Waals surface area contributed by atoms with E-state index in [0.717, 1.165) is 16.5 Å². The molecule has 0 spiro atoms. The second-order valence-electron chi connectivity index (χ2n) is 3.74. The topological polar surface area (TPSA) is 46.5 Å². The summed E-state index contributed by atoms with van der Waals surface area (Å²) in [6, 6.07) is 9.17. The quantitative estimate of drug-likeness (QED) is 0.845. The molecule has 0 saturated carbocycles. The Kier molecular flexibility index (Phi) is 4.60. The van der Waals surface area contributed by atoms with Gasteiger partial charge in [-0.25, -0.2) is 4.79 Å². The Morgan fingerprint density at radius 1 is 1.42 bits per heavy atom. The highest BCUT2D eigenvalue weighted by Crippen LogP contribution is 2.25. The van der Waals surface area contributed by atoms with Gasteiger partial charge in [-0.15, -0.1) is 11.3 Å².